The van der Waals surface area contributed by atoms with Gasteiger partial charge in [0.05, 0.1) is 20.1 Å². The minimum atomic E-state index is -0.166. The minimum Gasteiger partial charge on any atom is -0.469 e. The molecule has 1 aromatic rings. The molecule has 0 unspecified atom stereocenters. The highest BCUT2D eigenvalue weighted by molar-refractivity contribution is 5.69. The molecule has 0 aromatic carbocycles. The van der Waals surface area contributed by atoms with Crippen molar-refractivity contribution in [1.82, 2.24) is 14.7 Å². The molecule has 0 amide bonds. The summed E-state index contributed by atoms with van der Waals surface area (Å²) in [7, 11) is 3.39. The summed E-state index contributed by atoms with van der Waals surface area (Å²) >= 11 is 0. The van der Waals surface area contributed by atoms with E-state index in [0.29, 0.717) is 13.0 Å². The van der Waals surface area contributed by atoms with Crippen molar-refractivity contribution >= 4 is 5.97 Å². The Labute approximate surface area is 89.6 Å². The maximum absolute atomic E-state index is 10.9. The van der Waals surface area contributed by atoms with Crippen LogP contribution in [-0.4, -0.2) is 47.9 Å². The summed E-state index contributed by atoms with van der Waals surface area (Å²) < 4.78 is 6.44. The van der Waals surface area contributed by atoms with Gasteiger partial charge in [0.25, 0.3) is 0 Å². The Morgan fingerprint density at radius 2 is 2.33 bits per heavy atom. The molecule has 1 heterocycles. The minimum absolute atomic E-state index is 0.166. The van der Waals surface area contributed by atoms with Crippen molar-refractivity contribution in [2.45, 2.75) is 13.0 Å². The number of esters is 1. The zero-order chi connectivity index (χ0) is 11.1. The van der Waals surface area contributed by atoms with E-state index in [1.54, 1.807) is 6.20 Å². The van der Waals surface area contributed by atoms with E-state index in [9.17, 15) is 4.79 Å². The van der Waals surface area contributed by atoms with Gasteiger partial charge in [0.1, 0.15) is 0 Å². The molecule has 5 heteroatoms. The van der Waals surface area contributed by atoms with Crippen molar-refractivity contribution in [3.8, 4) is 0 Å². The van der Waals surface area contributed by atoms with Gasteiger partial charge in [-0.15, -0.1) is 0 Å². The van der Waals surface area contributed by atoms with Crippen LogP contribution in [0.3, 0.4) is 0 Å². The lowest BCUT2D eigenvalue weighted by Gasteiger charge is -2.15. The van der Waals surface area contributed by atoms with E-state index < -0.39 is 0 Å². The molecule has 0 aliphatic heterocycles. The summed E-state index contributed by atoms with van der Waals surface area (Å²) in [4.78, 5) is 13.0. The average Bonchev–Trinajstić information content (AvgIpc) is 2.75. The number of nitrogens with zero attached hydrogens (tertiary/aromatic N) is 3. The van der Waals surface area contributed by atoms with Crippen molar-refractivity contribution in [1.29, 1.82) is 0 Å². The average molecular weight is 211 g/mol. The predicted octanol–water partition coefficient (Wildman–Crippen LogP) is 0.378. The van der Waals surface area contributed by atoms with E-state index in [0.717, 1.165) is 13.1 Å². The van der Waals surface area contributed by atoms with Crippen LogP contribution in [0, 0.1) is 0 Å². The van der Waals surface area contributed by atoms with Gasteiger partial charge in [-0.3, -0.25) is 9.48 Å². The first-order valence-electron chi connectivity index (χ1n) is 4.95. The van der Waals surface area contributed by atoms with Gasteiger partial charge in [0.2, 0.25) is 0 Å². The maximum Gasteiger partial charge on any atom is 0.306 e. The molecular formula is C10H17N3O2. The summed E-state index contributed by atoms with van der Waals surface area (Å²) in [5.41, 5.74) is 0. The molecular weight excluding hydrogens is 194 g/mol. The van der Waals surface area contributed by atoms with Crippen molar-refractivity contribution in [2.75, 3.05) is 27.2 Å². The Morgan fingerprint density at radius 3 is 2.93 bits per heavy atom. The van der Waals surface area contributed by atoms with Crippen molar-refractivity contribution in [3.63, 3.8) is 0 Å². The topological polar surface area (TPSA) is 47.4 Å². The third-order valence-electron chi connectivity index (χ3n) is 2.20. The molecule has 84 valence electrons. The van der Waals surface area contributed by atoms with E-state index in [4.69, 9.17) is 0 Å². The maximum atomic E-state index is 10.9. The molecule has 15 heavy (non-hydrogen) atoms. The molecule has 0 spiro atoms. The fraction of sp³-hybridized carbons (Fsp3) is 0.600. The number of rotatable bonds is 6. The number of likely N-dealkylation sites (N-methyl/N-ethyl adjacent to an activating group) is 1. The first-order valence-corrected chi connectivity index (χ1v) is 4.95. The van der Waals surface area contributed by atoms with Gasteiger partial charge in [-0.2, -0.15) is 5.10 Å². The lowest BCUT2D eigenvalue weighted by molar-refractivity contribution is -0.140. The van der Waals surface area contributed by atoms with Crippen molar-refractivity contribution in [2.24, 2.45) is 0 Å². The van der Waals surface area contributed by atoms with Crippen LogP contribution < -0.4 is 0 Å². The molecule has 5 nitrogen and oxygen atoms in total. The molecule has 1 aromatic heterocycles. The summed E-state index contributed by atoms with van der Waals surface area (Å²) in [6.45, 7) is 2.43. The van der Waals surface area contributed by atoms with Crippen molar-refractivity contribution < 1.29 is 9.53 Å². The second kappa shape index (κ2) is 6.19. The Kier molecular flexibility index (Phi) is 4.83. The van der Waals surface area contributed by atoms with Gasteiger partial charge >= 0.3 is 5.97 Å². The van der Waals surface area contributed by atoms with Crippen LogP contribution in [0.2, 0.25) is 0 Å². The molecule has 0 saturated carbocycles. The van der Waals surface area contributed by atoms with E-state index in [1.807, 2.05) is 24.0 Å². The second-order valence-electron chi connectivity index (χ2n) is 3.40. The molecule has 0 N–H and O–H groups in total. The zero-order valence-corrected chi connectivity index (χ0v) is 9.22. The molecule has 1 rings (SSSR count). The van der Waals surface area contributed by atoms with Crippen LogP contribution in [0.1, 0.15) is 6.42 Å². The van der Waals surface area contributed by atoms with E-state index in [2.05, 4.69) is 14.7 Å². The number of hydrogen-bond donors (Lipinski definition) is 0. The first-order chi connectivity index (χ1) is 7.22. The Hall–Kier alpha value is -1.36. The van der Waals surface area contributed by atoms with E-state index >= 15 is 0 Å². The highest BCUT2D eigenvalue weighted by Crippen LogP contribution is 1.92. The van der Waals surface area contributed by atoms with E-state index in [1.165, 1.54) is 7.11 Å². The van der Waals surface area contributed by atoms with E-state index in [-0.39, 0.29) is 5.97 Å². The standard InChI is InChI=1S/C10H17N3O2/c1-12(7-4-10(14)15-2)8-9-13-6-3-5-11-13/h3,5-6H,4,7-9H2,1-2H3. The second-order valence-corrected chi connectivity index (χ2v) is 3.40. The third-order valence-corrected chi connectivity index (χ3v) is 2.20. The van der Waals surface area contributed by atoms with Gasteiger partial charge < -0.3 is 9.64 Å². The number of aromatic nitrogens is 2. The Bertz CT molecular complexity index is 285. The predicted molar refractivity (Wildman–Crippen MR) is 56.4 cm³/mol. The Balaban J connectivity index is 2.13. The molecule has 0 fully saturated rings. The number of hydrogen-bond acceptors (Lipinski definition) is 4. The molecule has 0 aliphatic rings. The number of methoxy groups -OCH3 is 1. The largest absolute Gasteiger partial charge is 0.469 e. The number of carbonyl (C=O) groups is 1. The van der Waals surface area contributed by atoms with Crippen LogP contribution in [0.25, 0.3) is 0 Å². The lowest BCUT2D eigenvalue weighted by Crippen LogP contribution is -2.26. The summed E-state index contributed by atoms with van der Waals surface area (Å²) in [5, 5.41) is 4.10. The van der Waals surface area contributed by atoms with Crippen LogP contribution in [0.4, 0.5) is 0 Å². The SMILES string of the molecule is COC(=O)CCN(C)CCn1cccn1. The molecule has 0 atom stereocenters. The van der Waals surface area contributed by atoms with Crippen LogP contribution in [0.15, 0.2) is 18.5 Å². The zero-order valence-electron chi connectivity index (χ0n) is 9.22. The molecule has 0 aliphatic carbocycles. The van der Waals surface area contributed by atoms with Crippen LogP contribution >= 0.6 is 0 Å². The molecule has 0 radical (unpaired) electrons. The highest BCUT2D eigenvalue weighted by atomic mass is 16.5. The third kappa shape index (κ3) is 4.60. The summed E-state index contributed by atoms with van der Waals surface area (Å²) in [6, 6.07) is 1.90. The van der Waals surface area contributed by atoms with Gasteiger partial charge in [-0.1, -0.05) is 0 Å². The fourth-order valence-corrected chi connectivity index (χ4v) is 1.20. The number of carbonyl (C=O) groups excluding carboxylic acids is 1. The van der Waals surface area contributed by atoms with Crippen LogP contribution in [0.5, 0.6) is 0 Å². The normalized spacial score (nSPS) is 10.6. The first kappa shape index (κ1) is 11.7. The van der Waals surface area contributed by atoms with Gasteiger partial charge in [0.15, 0.2) is 0 Å². The molecule has 0 saturated heterocycles. The lowest BCUT2D eigenvalue weighted by atomic mass is 10.4. The van der Waals surface area contributed by atoms with Crippen LogP contribution in [-0.2, 0) is 16.1 Å². The monoisotopic (exact) mass is 211 g/mol. The summed E-state index contributed by atoms with van der Waals surface area (Å²) in [5.74, 6) is -0.166. The Morgan fingerprint density at radius 1 is 1.53 bits per heavy atom. The smallest absolute Gasteiger partial charge is 0.306 e. The quantitative estimate of drug-likeness (QED) is 0.638. The fourth-order valence-electron chi connectivity index (χ4n) is 1.20. The van der Waals surface area contributed by atoms with Gasteiger partial charge in [0, 0.05) is 25.5 Å². The van der Waals surface area contributed by atoms with Crippen molar-refractivity contribution in [3.05, 3.63) is 18.5 Å². The summed E-state index contributed by atoms with van der Waals surface area (Å²) in [6.07, 6.45) is 4.12. The highest BCUT2D eigenvalue weighted by Gasteiger charge is 2.03. The molecule has 0 bridgehead atoms. The van der Waals surface area contributed by atoms with Gasteiger partial charge in [-0.05, 0) is 13.1 Å². The number of ether oxygens (including phenoxy) is 1. The van der Waals surface area contributed by atoms with Gasteiger partial charge in [-0.25, -0.2) is 0 Å².